The van der Waals surface area contributed by atoms with Gasteiger partial charge in [0.15, 0.2) is 5.52 Å². The van der Waals surface area contributed by atoms with Crippen molar-refractivity contribution in [2.24, 2.45) is 0 Å². The molecule has 0 amide bonds. The molecule has 0 spiro atoms. The van der Waals surface area contributed by atoms with E-state index in [-0.39, 0.29) is 24.0 Å². The lowest BCUT2D eigenvalue weighted by Gasteiger charge is -2.17. The molecule has 0 N–H and O–H groups in total. The average Bonchev–Trinajstić information content (AvgIpc) is 3.59. The largest absolute Gasteiger partial charge is 1.00 e. The Morgan fingerprint density at radius 2 is 1.25 bits per heavy atom. The van der Waals surface area contributed by atoms with Crippen molar-refractivity contribution in [3.63, 3.8) is 0 Å². The van der Waals surface area contributed by atoms with Crippen LogP contribution in [0.2, 0.25) is 0 Å². The van der Waals surface area contributed by atoms with Crippen molar-refractivity contribution >= 4 is 44.3 Å². The zero-order valence-corrected chi connectivity index (χ0v) is 20.3. The molecule has 2 aliphatic rings. The Morgan fingerprint density at radius 1 is 0.625 bits per heavy atom. The maximum atomic E-state index is 2.51. The second-order valence-corrected chi connectivity index (χ2v) is 9.16. The summed E-state index contributed by atoms with van der Waals surface area (Å²) in [4.78, 5) is 5.02. The number of rotatable bonds is 2. The first kappa shape index (κ1) is 20.1. The first-order valence-electron chi connectivity index (χ1n) is 11.7. The van der Waals surface area contributed by atoms with Gasteiger partial charge >= 0.3 is 0 Å². The summed E-state index contributed by atoms with van der Waals surface area (Å²) in [6.45, 7) is 4.73. The van der Waals surface area contributed by atoms with Gasteiger partial charge < -0.3 is 33.8 Å². The van der Waals surface area contributed by atoms with Gasteiger partial charge in [0.1, 0.15) is 17.2 Å². The minimum Gasteiger partial charge on any atom is -1.00 e. The normalized spacial score (nSPS) is 16.6. The van der Waals surface area contributed by atoms with Gasteiger partial charge in [-0.05, 0) is 80.3 Å². The van der Waals surface area contributed by atoms with E-state index in [0.29, 0.717) is 0 Å². The Labute approximate surface area is 205 Å². The van der Waals surface area contributed by atoms with E-state index in [1.165, 1.54) is 96.2 Å². The fourth-order valence-electron chi connectivity index (χ4n) is 5.68. The molecule has 7 rings (SSSR count). The number of hydrogen-bond donors (Lipinski definition) is 0. The van der Waals surface area contributed by atoms with Crippen LogP contribution in [0.25, 0.3) is 33.0 Å². The zero-order valence-electron chi connectivity index (χ0n) is 18.2. The number of fused-ring (bicyclic) bond motifs is 7. The molecule has 0 radical (unpaired) electrons. The van der Waals surface area contributed by atoms with E-state index in [1.54, 1.807) is 0 Å². The molecule has 0 unspecified atom stereocenters. The number of anilines is 2. The lowest BCUT2D eigenvalue weighted by atomic mass is 10.1. The number of aromatic nitrogens is 2. The average molecular weight is 534 g/mol. The van der Waals surface area contributed by atoms with Crippen molar-refractivity contribution in [3.8, 4) is 0 Å². The summed E-state index contributed by atoms with van der Waals surface area (Å²) in [6, 6.07) is 23.0. The molecule has 3 aromatic heterocycles. The van der Waals surface area contributed by atoms with E-state index < -0.39 is 0 Å². The molecule has 32 heavy (non-hydrogen) atoms. The lowest BCUT2D eigenvalue weighted by molar-refractivity contribution is -0.479. The van der Waals surface area contributed by atoms with Crippen LogP contribution in [0.1, 0.15) is 25.7 Å². The molecular formula is C27H27IN4. The molecule has 5 heterocycles. The molecule has 162 valence electrons. The third-order valence-electron chi connectivity index (χ3n) is 7.31. The topological polar surface area (TPSA) is 15.0 Å². The third kappa shape index (κ3) is 3.04. The molecule has 2 saturated heterocycles. The predicted molar refractivity (Wildman–Crippen MR) is 128 cm³/mol. The van der Waals surface area contributed by atoms with Crippen LogP contribution in [0.15, 0.2) is 66.9 Å². The van der Waals surface area contributed by atoms with Gasteiger partial charge in [-0.15, -0.1) is 0 Å². The third-order valence-corrected chi connectivity index (χ3v) is 7.31. The molecule has 2 fully saturated rings. The molecule has 0 saturated carbocycles. The van der Waals surface area contributed by atoms with Crippen LogP contribution in [-0.2, 0) is 0 Å². The molecule has 4 nitrogen and oxygen atoms in total. The molecule has 0 aliphatic carbocycles. The van der Waals surface area contributed by atoms with Crippen molar-refractivity contribution in [1.82, 2.24) is 4.40 Å². The summed E-state index contributed by atoms with van der Waals surface area (Å²) in [5.74, 6) is 0. The van der Waals surface area contributed by atoms with Gasteiger partial charge in [0.05, 0.1) is 0 Å². The van der Waals surface area contributed by atoms with E-state index >= 15 is 0 Å². The number of halogens is 1. The fraction of sp³-hybridized carbons (Fsp3) is 0.296. The second kappa shape index (κ2) is 7.80. The molecule has 2 aliphatic heterocycles. The van der Waals surface area contributed by atoms with Gasteiger partial charge in [0, 0.05) is 54.4 Å². The molecular weight excluding hydrogens is 507 g/mol. The predicted octanol–water partition coefficient (Wildman–Crippen LogP) is 2.19. The molecule has 2 aromatic carbocycles. The second-order valence-electron chi connectivity index (χ2n) is 9.16. The van der Waals surface area contributed by atoms with Crippen molar-refractivity contribution in [3.05, 3.63) is 66.9 Å². The smallest absolute Gasteiger partial charge is 0.292 e. The van der Waals surface area contributed by atoms with E-state index in [4.69, 9.17) is 0 Å². The number of hydrogen-bond acceptors (Lipinski definition) is 2. The highest BCUT2D eigenvalue weighted by molar-refractivity contribution is 5.88. The van der Waals surface area contributed by atoms with Crippen LogP contribution in [0.3, 0.4) is 0 Å². The Hall–Kier alpha value is -2.54. The maximum absolute atomic E-state index is 2.51. The minimum atomic E-state index is 0. The number of pyridine rings is 2. The first-order chi connectivity index (χ1) is 15.3. The Morgan fingerprint density at radius 3 is 1.97 bits per heavy atom. The van der Waals surface area contributed by atoms with Gasteiger partial charge in [0.25, 0.3) is 5.65 Å². The summed E-state index contributed by atoms with van der Waals surface area (Å²) < 4.78 is 4.75. The Balaban J connectivity index is 0.00000196. The van der Waals surface area contributed by atoms with Gasteiger partial charge in [-0.3, -0.25) is 0 Å². The van der Waals surface area contributed by atoms with E-state index in [0.717, 1.165) is 0 Å². The summed E-state index contributed by atoms with van der Waals surface area (Å²) >= 11 is 0. The molecule has 5 aromatic rings. The van der Waals surface area contributed by atoms with E-state index in [9.17, 15) is 0 Å². The highest BCUT2D eigenvalue weighted by Crippen LogP contribution is 2.28. The maximum Gasteiger partial charge on any atom is 0.292 e. The van der Waals surface area contributed by atoms with Crippen molar-refractivity contribution in [2.45, 2.75) is 25.7 Å². The van der Waals surface area contributed by atoms with Gasteiger partial charge in [-0.25, -0.2) is 0 Å². The standard InChI is InChI=1S/C27H27N4.HI/c1-2-14-28(13-1)22-8-10-25-20(17-22)6-12-27-30(25)19-24-7-5-21-18-23(29-15-3-4-16-29)9-11-26(21)31(24)27;/h5-12,17-19H,1-4,13-16H2;1H/q+1;/p-1. The van der Waals surface area contributed by atoms with Crippen molar-refractivity contribution in [1.29, 1.82) is 0 Å². The van der Waals surface area contributed by atoms with Crippen molar-refractivity contribution < 1.29 is 28.4 Å². The summed E-state index contributed by atoms with van der Waals surface area (Å²) in [7, 11) is 0. The van der Waals surface area contributed by atoms with Crippen LogP contribution in [-0.4, -0.2) is 30.6 Å². The summed E-state index contributed by atoms with van der Waals surface area (Å²) in [5, 5.41) is 2.61. The summed E-state index contributed by atoms with van der Waals surface area (Å²) in [6.07, 6.45) is 7.51. The van der Waals surface area contributed by atoms with Crippen LogP contribution in [0, 0.1) is 0 Å². The molecule has 0 bridgehead atoms. The first-order valence-corrected chi connectivity index (χ1v) is 11.7. The Bertz CT molecular complexity index is 1460. The summed E-state index contributed by atoms with van der Waals surface area (Å²) in [5.41, 5.74) is 7.71. The molecule has 0 atom stereocenters. The highest BCUT2D eigenvalue weighted by Gasteiger charge is 2.19. The zero-order chi connectivity index (χ0) is 20.4. The van der Waals surface area contributed by atoms with Crippen LogP contribution in [0.4, 0.5) is 11.4 Å². The van der Waals surface area contributed by atoms with Gasteiger partial charge in [0.2, 0.25) is 0 Å². The van der Waals surface area contributed by atoms with E-state index in [2.05, 4.69) is 85.5 Å². The SMILES string of the molecule is [I-].c1cc2c(ccc3c[n+]4c5ccc(N6CCCC6)cc5ccc4n32)cc1N1CCCC1. The van der Waals surface area contributed by atoms with Gasteiger partial charge in [-0.2, -0.15) is 8.80 Å². The quantitative estimate of drug-likeness (QED) is 0.255. The molecule has 5 heteroatoms. The van der Waals surface area contributed by atoms with Crippen LogP contribution >= 0.6 is 0 Å². The van der Waals surface area contributed by atoms with Crippen LogP contribution < -0.4 is 38.2 Å². The van der Waals surface area contributed by atoms with Gasteiger partial charge in [-0.1, -0.05) is 0 Å². The number of benzene rings is 2. The number of imidazole rings is 1. The highest BCUT2D eigenvalue weighted by atomic mass is 127. The van der Waals surface area contributed by atoms with E-state index in [1.807, 2.05) is 0 Å². The minimum absolute atomic E-state index is 0. The number of nitrogens with zero attached hydrogens (tertiary/aromatic N) is 4. The lowest BCUT2D eigenvalue weighted by Crippen LogP contribution is -3.00. The Kier molecular flexibility index (Phi) is 4.90. The monoisotopic (exact) mass is 534 g/mol. The van der Waals surface area contributed by atoms with Crippen LogP contribution in [0.5, 0.6) is 0 Å². The van der Waals surface area contributed by atoms with Crippen molar-refractivity contribution in [2.75, 3.05) is 36.0 Å². The fourth-order valence-corrected chi connectivity index (χ4v) is 5.68.